The molecule has 1 atom stereocenters. The highest BCUT2D eigenvalue weighted by Crippen LogP contribution is 2.18. The van der Waals surface area contributed by atoms with Crippen molar-refractivity contribution in [1.82, 2.24) is 0 Å². The monoisotopic (exact) mass is 191 g/mol. The van der Waals surface area contributed by atoms with Crippen molar-refractivity contribution in [2.75, 3.05) is 0 Å². The number of terminal acetylenes is 1. The van der Waals surface area contributed by atoms with Crippen molar-refractivity contribution in [2.45, 2.75) is 25.8 Å². The Kier molecular flexibility index (Phi) is 3.67. The topological polar surface area (TPSA) is 26.0 Å². The first-order valence-corrected chi connectivity index (χ1v) is 4.59. The molecule has 0 radical (unpaired) electrons. The third kappa shape index (κ3) is 2.86. The molecule has 0 aliphatic heterocycles. The van der Waals surface area contributed by atoms with Gasteiger partial charge in [-0.15, -0.1) is 12.3 Å². The highest BCUT2D eigenvalue weighted by molar-refractivity contribution is 5.26. The molecule has 1 rings (SSSR count). The maximum absolute atomic E-state index is 13.0. The van der Waals surface area contributed by atoms with Gasteiger partial charge in [-0.3, -0.25) is 0 Å². The second kappa shape index (κ2) is 4.78. The Balaban J connectivity index is 2.79. The standard InChI is InChI=1S/C12H14FN/c1-3-4-5-12(14)10-6-9(2)7-11(13)8-10/h1,6-8,12H,4-5,14H2,2H3. The van der Waals surface area contributed by atoms with Crippen molar-refractivity contribution < 1.29 is 4.39 Å². The fourth-order valence-electron chi connectivity index (χ4n) is 1.38. The second-order valence-electron chi connectivity index (χ2n) is 3.41. The minimum Gasteiger partial charge on any atom is -0.324 e. The van der Waals surface area contributed by atoms with Crippen LogP contribution in [0.5, 0.6) is 0 Å². The van der Waals surface area contributed by atoms with Crippen LogP contribution in [-0.2, 0) is 0 Å². The molecule has 0 fully saturated rings. The summed E-state index contributed by atoms with van der Waals surface area (Å²) in [4.78, 5) is 0. The van der Waals surface area contributed by atoms with Crippen molar-refractivity contribution in [3.63, 3.8) is 0 Å². The predicted octanol–water partition coefficient (Wildman–Crippen LogP) is 2.55. The number of hydrogen-bond acceptors (Lipinski definition) is 1. The highest BCUT2D eigenvalue weighted by atomic mass is 19.1. The zero-order valence-corrected chi connectivity index (χ0v) is 8.26. The molecule has 0 heterocycles. The lowest BCUT2D eigenvalue weighted by Gasteiger charge is -2.11. The number of rotatable bonds is 3. The van der Waals surface area contributed by atoms with Gasteiger partial charge < -0.3 is 5.73 Å². The Morgan fingerprint density at radius 1 is 1.50 bits per heavy atom. The Labute approximate surface area is 84.1 Å². The number of hydrogen-bond donors (Lipinski definition) is 1. The Bertz CT molecular complexity index is 332. The van der Waals surface area contributed by atoms with Crippen molar-refractivity contribution in [3.05, 3.63) is 35.1 Å². The quantitative estimate of drug-likeness (QED) is 0.730. The van der Waals surface area contributed by atoms with Gasteiger partial charge in [0.1, 0.15) is 5.82 Å². The van der Waals surface area contributed by atoms with Gasteiger partial charge in [-0.05, 0) is 36.6 Å². The van der Waals surface area contributed by atoms with Crippen LogP contribution in [0.15, 0.2) is 18.2 Å². The maximum atomic E-state index is 13.0. The number of benzene rings is 1. The first-order valence-electron chi connectivity index (χ1n) is 4.59. The lowest BCUT2D eigenvalue weighted by molar-refractivity contribution is 0.611. The van der Waals surface area contributed by atoms with E-state index in [0.29, 0.717) is 12.8 Å². The molecule has 0 bridgehead atoms. The Morgan fingerprint density at radius 3 is 2.79 bits per heavy atom. The summed E-state index contributed by atoms with van der Waals surface area (Å²) in [5.41, 5.74) is 7.56. The highest BCUT2D eigenvalue weighted by Gasteiger charge is 2.06. The van der Waals surface area contributed by atoms with Gasteiger partial charge in [0.05, 0.1) is 0 Å². The van der Waals surface area contributed by atoms with E-state index in [2.05, 4.69) is 5.92 Å². The van der Waals surface area contributed by atoms with Crippen LogP contribution in [-0.4, -0.2) is 0 Å². The summed E-state index contributed by atoms with van der Waals surface area (Å²) in [6.45, 7) is 1.85. The van der Waals surface area contributed by atoms with Crippen LogP contribution in [0.1, 0.15) is 30.0 Å². The number of nitrogens with two attached hydrogens (primary N) is 1. The summed E-state index contributed by atoms with van der Waals surface area (Å²) < 4.78 is 13.0. The van der Waals surface area contributed by atoms with Gasteiger partial charge in [-0.1, -0.05) is 6.07 Å². The molecule has 74 valence electrons. The van der Waals surface area contributed by atoms with Crippen molar-refractivity contribution >= 4 is 0 Å². The van der Waals surface area contributed by atoms with Gasteiger partial charge in [-0.2, -0.15) is 0 Å². The third-order valence-corrected chi connectivity index (χ3v) is 2.09. The molecule has 1 aromatic carbocycles. The van der Waals surface area contributed by atoms with E-state index in [9.17, 15) is 4.39 Å². The van der Waals surface area contributed by atoms with Crippen LogP contribution >= 0.6 is 0 Å². The van der Waals surface area contributed by atoms with Gasteiger partial charge in [0.25, 0.3) is 0 Å². The minimum absolute atomic E-state index is 0.166. The summed E-state index contributed by atoms with van der Waals surface area (Å²) in [5.74, 6) is 2.28. The molecule has 0 aromatic heterocycles. The molecular formula is C12H14FN. The number of aryl methyl sites for hydroxylation is 1. The average Bonchev–Trinajstić information content (AvgIpc) is 2.12. The maximum Gasteiger partial charge on any atom is 0.123 e. The van der Waals surface area contributed by atoms with Crippen molar-refractivity contribution in [1.29, 1.82) is 0 Å². The van der Waals surface area contributed by atoms with Gasteiger partial charge in [0, 0.05) is 12.5 Å². The molecule has 1 aromatic rings. The first kappa shape index (κ1) is 10.7. The Morgan fingerprint density at radius 2 is 2.21 bits per heavy atom. The molecule has 0 amide bonds. The van der Waals surface area contributed by atoms with Gasteiger partial charge in [-0.25, -0.2) is 4.39 Å². The largest absolute Gasteiger partial charge is 0.324 e. The van der Waals surface area contributed by atoms with Crippen LogP contribution in [0.3, 0.4) is 0 Å². The zero-order valence-electron chi connectivity index (χ0n) is 8.26. The van der Waals surface area contributed by atoms with Crippen LogP contribution in [0.4, 0.5) is 4.39 Å². The minimum atomic E-state index is -0.240. The third-order valence-electron chi connectivity index (χ3n) is 2.09. The normalized spacial score (nSPS) is 12.1. The molecule has 14 heavy (non-hydrogen) atoms. The van der Waals surface area contributed by atoms with E-state index in [4.69, 9.17) is 12.2 Å². The lowest BCUT2D eigenvalue weighted by Crippen LogP contribution is -2.10. The van der Waals surface area contributed by atoms with Gasteiger partial charge >= 0.3 is 0 Å². The van der Waals surface area contributed by atoms with Crippen LogP contribution < -0.4 is 5.73 Å². The van der Waals surface area contributed by atoms with Crippen LogP contribution in [0.25, 0.3) is 0 Å². The van der Waals surface area contributed by atoms with E-state index in [1.54, 1.807) is 0 Å². The molecule has 0 spiro atoms. The lowest BCUT2D eigenvalue weighted by atomic mass is 10.0. The zero-order chi connectivity index (χ0) is 10.6. The SMILES string of the molecule is C#CCCC(N)c1cc(C)cc(F)c1. The van der Waals surface area contributed by atoms with E-state index in [1.807, 2.05) is 13.0 Å². The summed E-state index contributed by atoms with van der Waals surface area (Å²) in [5, 5.41) is 0. The average molecular weight is 191 g/mol. The van der Waals surface area contributed by atoms with Crippen molar-refractivity contribution in [2.24, 2.45) is 5.73 Å². The van der Waals surface area contributed by atoms with Crippen molar-refractivity contribution in [3.8, 4) is 12.3 Å². The molecule has 2 N–H and O–H groups in total. The fourth-order valence-corrected chi connectivity index (χ4v) is 1.38. The predicted molar refractivity (Wildman–Crippen MR) is 56.1 cm³/mol. The van der Waals surface area contributed by atoms with E-state index in [1.165, 1.54) is 12.1 Å². The van der Waals surface area contributed by atoms with Gasteiger partial charge in [0.15, 0.2) is 0 Å². The Hall–Kier alpha value is -1.33. The first-order chi connectivity index (χ1) is 6.63. The fraction of sp³-hybridized carbons (Fsp3) is 0.333. The van der Waals surface area contributed by atoms with Crippen LogP contribution in [0.2, 0.25) is 0 Å². The van der Waals surface area contributed by atoms with E-state index in [0.717, 1.165) is 11.1 Å². The molecule has 0 saturated heterocycles. The van der Waals surface area contributed by atoms with Crippen LogP contribution in [0, 0.1) is 25.1 Å². The molecular weight excluding hydrogens is 177 g/mol. The van der Waals surface area contributed by atoms with E-state index in [-0.39, 0.29) is 11.9 Å². The second-order valence-corrected chi connectivity index (χ2v) is 3.41. The summed E-state index contributed by atoms with van der Waals surface area (Å²) in [6.07, 6.45) is 6.45. The molecule has 0 aliphatic rings. The summed E-state index contributed by atoms with van der Waals surface area (Å²) >= 11 is 0. The van der Waals surface area contributed by atoms with E-state index < -0.39 is 0 Å². The number of halogens is 1. The smallest absolute Gasteiger partial charge is 0.123 e. The summed E-state index contributed by atoms with van der Waals surface area (Å²) in [6, 6.07) is 4.68. The molecule has 2 heteroatoms. The molecule has 0 saturated carbocycles. The molecule has 1 unspecified atom stereocenters. The molecule has 1 nitrogen and oxygen atoms in total. The van der Waals surface area contributed by atoms with E-state index >= 15 is 0 Å². The summed E-state index contributed by atoms with van der Waals surface area (Å²) in [7, 11) is 0. The van der Waals surface area contributed by atoms with Gasteiger partial charge in [0.2, 0.25) is 0 Å². The molecule has 0 aliphatic carbocycles.